The zero-order valence-corrected chi connectivity index (χ0v) is 15.0. The predicted octanol–water partition coefficient (Wildman–Crippen LogP) is 2.52. The lowest BCUT2D eigenvalue weighted by Gasteiger charge is -2.07. The van der Waals surface area contributed by atoms with E-state index in [9.17, 15) is 9.59 Å². The number of hydrazine groups is 1. The Balaban J connectivity index is 1.41. The third-order valence-corrected chi connectivity index (χ3v) is 5.80. The molecule has 4 rings (SSSR count). The second-order valence-corrected chi connectivity index (χ2v) is 7.53. The van der Waals surface area contributed by atoms with E-state index < -0.39 is 0 Å². The number of nitrogens with one attached hydrogen (secondary N) is 2. The maximum absolute atomic E-state index is 12.4. The van der Waals surface area contributed by atoms with Crippen molar-refractivity contribution in [1.29, 1.82) is 0 Å². The summed E-state index contributed by atoms with van der Waals surface area (Å²) in [5, 5.41) is 7.66. The summed E-state index contributed by atoms with van der Waals surface area (Å²) in [5.74, 6) is -0.663. The highest BCUT2D eigenvalue weighted by Crippen LogP contribution is 2.28. The van der Waals surface area contributed by atoms with Crippen LogP contribution in [0.5, 0.6) is 0 Å². The molecule has 0 saturated carbocycles. The molecule has 0 saturated heterocycles. The van der Waals surface area contributed by atoms with Crippen molar-refractivity contribution in [3.63, 3.8) is 0 Å². The first-order valence-corrected chi connectivity index (χ1v) is 9.54. The number of rotatable bonds is 2. The third-order valence-electron chi connectivity index (χ3n) is 4.56. The van der Waals surface area contributed by atoms with Crippen molar-refractivity contribution < 1.29 is 9.59 Å². The van der Waals surface area contributed by atoms with Crippen LogP contribution in [-0.4, -0.2) is 26.4 Å². The number of aryl methyl sites for hydroxylation is 2. The Morgan fingerprint density at radius 1 is 1.04 bits per heavy atom. The number of amides is 2. The molecule has 3 aromatic heterocycles. The van der Waals surface area contributed by atoms with Crippen LogP contribution in [0.25, 0.3) is 5.65 Å². The molecular formula is C18H19N5O2S. The number of pyridine rings is 1. The summed E-state index contributed by atoms with van der Waals surface area (Å²) in [5.41, 5.74) is 7.33. The molecule has 0 radical (unpaired) electrons. The molecule has 1 aliphatic carbocycles. The standard InChI is InChI=1S/C18H19N5O2S/c24-17(13-7-8-16-20-19-11-23(16)10-13)21-22-18(25)15-9-12-5-3-1-2-4-6-14(12)26-15/h7-11H,1-6H2,(H,21,24)(H,22,25). The van der Waals surface area contributed by atoms with Gasteiger partial charge in [-0.25, -0.2) is 0 Å². The summed E-state index contributed by atoms with van der Waals surface area (Å²) < 4.78 is 1.65. The molecule has 134 valence electrons. The van der Waals surface area contributed by atoms with Crippen molar-refractivity contribution >= 4 is 28.8 Å². The van der Waals surface area contributed by atoms with Crippen LogP contribution in [0, 0.1) is 0 Å². The Bertz CT molecular complexity index is 936. The van der Waals surface area contributed by atoms with Crippen LogP contribution in [0.15, 0.2) is 30.7 Å². The lowest BCUT2D eigenvalue weighted by atomic mass is 10.00. The lowest BCUT2D eigenvalue weighted by Crippen LogP contribution is -2.41. The number of nitrogens with zero attached hydrogens (tertiary/aromatic N) is 3. The van der Waals surface area contributed by atoms with Crippen LogP contribution in [-0.2, 0) is 12.8 Å². The SMILES string of the molecule is O=C(NNC(=O)c1cc2c(s1)CCCCCC2)c1ccc2nncn2c1. The topological polar surface area (TPSA) is 88.4 Å². The Labute approximate surface area is 154 Å². The first-order valence-electron chi connectivity index (χ1n) is 8.72. The van der Waals surface area contributed by atoms with Crippen LogP contribution in [0.4, 0.5) is 0 Å². The van der Waals surface area contributed by atoms with Gasteiger partial charge in [0.25, 0.3) is 11.8 Å². The van der Waals surface area contributed by atoms with Gasteiger partial charge in [0.15, 0.2) is 5.65 Å². The summed E-state index contributed by atoms with van der Waals surface area (Å²) in [6.07, 6.45) is 10.1. The summed E-state index contributed by atoms with van der Waals surface area (Å²) in [6.45, 7) is 0. The van der Waals surface area contributed by atoms with E-state index in [1.54, 1.807) is 22.7 Å². The van der Waals surface area contributed by atoms with E-state index in [4.69, 9.17) is 0 Å². The number of carbonyl (C=O) groups is 2. The fourth-order valence-electron chi connectivity index (χ4n) is 3.17. The number of hydrogen-bond donors (Lipinski definition) is 2. The van der Waals surface area contributed by atoms with E-state index >= 15 is 0 Å². The average molecular weight is 369 g/mol. The van der Waals surface area contributed by atoms with Gasteiger partial charge in [-0.2, -0.15) is 0 Å². The van der Waals surface area contributed by atoms with E-state index in [1.165, 1.54) is 53.8 Å². The first-order chi connectivity index (χ1) is 12.7. The normalized spacial score (nSPS) is 14.3. The van der Waals surface area contributed by atoms with E-state index in [2.05, 4.69) is 21.0 Å². The molecule has 0 aromatic carbocycles. The molecule has 0 spiro atoms. The minimum atomic E-state index is -0.385. The van der Waals surface area contributed by atoms with Crippen molar-refractivity contribution in [2.75, 3.05) is 0 Å². The van der Waals surface area contributed by atoms with Gasteiger partial charge in [-0.15, -0.1) is 21.5 Å². The van der Waals surface area contributed by atoms with Crippen LogP contribution < -0.4 is 10.9 Å². The van der Waals surface area contributed by atoms with Gasteiger partial charge in [-0.05, 0) is 49.4 Å². The highest BCUT2D eigenvalue weighted by molar-refractivity contribution is 7.14. The van der Waals surface area contributed by atoms with Crippen LogP contribution in [0.3, 0.4) is 0 Å². The molecule has 2 amide bonds. The number of aromatic nitrogens is 3. The zero-order chi connectivity index (χ0) is 17.9. The molecule has 2 N–H and O–H groups in total. The fraction of sp³-hybridized carbons (Fsp3) is 0.333. The Morgan fingerprint density at radius 3 is 2.73 bits per heavy atom. The smallest absolute Gasteiger partial charge is 0.279 e. The van der Waals surface area contributed by atoms with Gasteiger partial charge in [-0.3, -0.25) is 24.8 Å². The van der Waals surface area contributed by atoms with Gasteiger partial charge in [0.2, 0.25) is 0 Å². The highest BCUT2D eigenvalue weighted by atomic mass is 32.1. The number of fused-ring (bicyclic) bond motifs is 2. The first kappa shape index (κ1) is 16.7. The van der Waals surface area contributed by atoms with Crippen LogP contribution in [0.1, 0.15) is 56.2 Å². The lowest BCUT2D eigenvalue weighted by molar-refractivity contribution is 0.0848. The quantitative estimate of drug-likeness (QED) is 0.680. The second kappa shape index (κ2) is 7.25. The molecule has 0 unspecified atom stereocenters. The maximum atomic E-state index is 12.4. The molecule has 0 aliphatic heterocycles. The number of carbonyl (C=O) groups excluding carboxylic acids is 2. The van der Waals surface area contributed by atoms with E-state index in [1.807, 2.05) is 6.07 Å². The number of thiophene rings is 1. The van der Waals surface area contributed by atoms with Crippen LogP contribution in [0.2, 0.25) is 0 Å². The molecule has 0 atom stereocenters. The minimum absolute atomic E-state index is 0.277. The summed E-state index contributed by atoms with van der Waals surface area (Å²) in [6, 6.07) is 5.31. The maximum Gasteiger partial charge on any atom is 0.279 e. The van der Waals surface area contributed by atoms with Crippen LogP contribution >= 0.6 is 11.3 Å². The summed E-state index contributed by atoms with van der Waals surface area (Å²) in [7, 11) is 0. The molecule has 8 heteroatoms. The van der Waals surface area contributed by atoms with E-state index in [0.717, 1.165) is 12.8 Å². The van der Waals surface area contributed by atoms with Crippen molar-refractivity contribution in [2.24, 2.45) is 0 Å². The van der Waals surface area contributed by atoms with E-state index in [-0.39, 0.29) is 11.8 Å². The van der Waals surface area contributed by atoms with Crippen molar-refractivity contribution in [1.82, 2.24) is 25.4 Å². The Morgan fingerprint density at radius 2 is 1.85 bits per heavy atom. The Hall–Kier alpha value is -2.74. The highest BCUT2D eigenvalue weighted by Gasteiger charge is 2.16. The molecule has 0 fully saturated rings. The summed E-state index contributed by atoms with van der Waals surface area (Å²) >= 11 is 1.53. The molecule has 1 aliphatic rings. The molecule has 7 nitrogen and oxygen atoms in total. The van der Waals surface area contributed by atoms with E-state index in [0.29, 0.717) is 16.1 Å². The molecule has 3 heterocycles. The third kappa shape index (κ3) is 3.45. The summed E-state index contributed by atoms with van der Waals surface area (Å²) in [4.78, 5) is 26.6. The van der Waals surface area contributed by atoms with Crippen molar-refractivity contribution in [3.8, 4) is 0 Å². The molecule has 0 bridgehead atoms. The van der Waals surface area contributed by atoms with Gasteiger partial charge in [0.05, 0.1) is 10.4 Å². The zero-order valence-electron chi connectivity index (χ0n) is 14.2. The second-order valence-electron chi connectivity index (χ2n) is 6.40. The van der Waals surface area contributed by atoms with Crippen molar-refractivity contribution in [2.45, 2.75) is 38.5 Å². The predicted molar refractivity (Wildman–Crippen MR) is 98.1 cm³/mol. The minimum Gasteiger partial charge on any atom is -0.288 e. The molecule has 3 aromatic rings. The van der Waals surface area contributed by atoms with Gasteiger partial charge < -0.3 is 0 Å². The van der Waals surface area contributed by atoms with Gasteiger partial charge in [0.1, 0.15) is 6.33 Å². The molecular weight excluding hydrogens is 350 g/mol. The Kier molecular flexibility index (Phi) is 4.66. The monoisotopic (exact) mass is 369 g/mol. The van der Waals surface area contributed by atoms with Gasteiger partial charge >= 0.3 is 0 Å². The van der Waals surface area contributed by atoms with Crippen molar-refractivity contribution in [3.05, 3.63) is 51.6 Å². The molecule has 26 heavy (non-hydrogen) atoms. The largest absolute Gasteiger partial charge is 0.288 e. The fourth-order valence-corrected chi connectivity index (χ4v) is 4.31. The van der Waals surface area contributed by atoms with Gasteiger partial charge in [0, 0.05) is 11.1 Å². The average Bonchev–Trinajstić information content (AvgIpc) is 3.25. The number of hydrogen-bond acceptors (Lipinski definition) is 5. The van der Waals surface area contributed by atoms with Gasteiger partial charge in [-0.1, -0.05) is 12.8 Å².